The summed E-state index contributed by atoms with van der Waals surface area (Å²) in [5.41, 5.74) is 3.08. The Labute approximate surface area is 132 Å². The van der Waals surface area contributed by atoms with E-state index in [9.17, 15) is 9.18 Å². The summed E-state index contributed by atoms with van der Waals surface area (Å²) < 4.78 is 15.2. The van der Waals surface area contributed by atoms with Crippen molar-refractivity contribution in [2.75, 3.05) is 0 Å². The number of tetrazole rings is 1. The van der Waals surface area contributed by atoms with Crippen molar-refractivity contribution in [2.45, 2.75) is 20.4 Å². The van der Waals surface area contributed by atoms with Gasteiger partial charge in [0.05, 0.1) is 0 Å². The van der Waals surface area contributed by atoms with Crippen molar-refractivity contribution in [3.05, 3.63) is 53.1 Å². The molecule has 2 heterocycles. The van der Waals surface area contributed by atoms with Crippen LogP contribution in [0.2, 0.25) is 0 Å². The topological polar surface area (TPSA) is 65.6 Å². The minimum atomic E-state index is -0.370. The van der Waals surface area contributed by atoms with Crippen LogP contribution < -0.4 is 0 Å². The van der Waals surface area contributed by atoms with Gasteiger partial charge >= 0.3 is 0 Å². The van der Waals surface area contributed by atoms with Gasteiger partial charge in [-0.2, -0.15) is 4.80 Å². The van der Waals surface area contributed by atoms with Gasteiger partial charge in [-0.05, 0) is 37.3 Å². The minimum absolute atomic E-state index is 0.00733. The van der Waals surface area contributed by atoms with Gasteiger partial charge in [0.25, 0.3) is 0 Å². The summed E-state index contributed by atoms with van der Waals surface area (Å²) in [6.45, 7) is 3.83. The molecule has 0 spiro atoms. The Hall–Kier alpha value is -2.83. The van der Waals surface area contributed by atoms with Crippen LogP contribution in [-0.4, -0.2) is 30.6 Å². The Morgan fingerprint density at radius 2 is 2.04 bits per heavy atom. The van der Waals surface area contributed by atoms with E-state index in [1.165, 1.54) is 16.9 Å². The van der Waals surface area contributed by atoms with Crippen LogP contribution in [-0.2, 0) is 13.6 Å². The van der Waals surface area contributed by atoms with Gasteiger partial charge in [-0.25, -0.2) is 4.39 Å². The van der Waals surface area contributed by atoms with Crippen LogP contribution in [0.15, 0.2) is 30.3 Å². The molecule has 0 aliphatic rings. The Bertz CT molecular complexity index is 880. The molecule has 7 heteroatoms. The molecule has 0 bridgehead atoms. The van der Waals surface area contributed by atoms with Gasteiger partial charge in [0.15, 0.2) is 5.78 Å². The molecule has 0 N–H and O–H groups in total. The van der Waals surface area contributed by atoms with E-state index in [2.05, 4.69) is 15.4 Å². The normalized spacial score (nSPS) is 11.0. The molecule has 0 saturated heterocycles. The van der Waals surface area contributed by atoms with Crippen LogP contribution >= 0.6 is 0 Å². The van der Waals surface area contributed by atoms with E-state index in [4.69, 9.17) is 0 Å². The molecule has 1 aromatic carbocycles. The first-order valence-corrected chi connectivity index (χ1v) is 7.15. The monoisotopic (exact) mass is 313 g/mol. The van der Waals surface area contributed by atoms with Gasteiger partial charge in [-0.1, -0.05) is 12.1 Å². The number of aromatic nitrogens is 5. The zero-order valence-electron chi connectivity index (χ0n) is 13.1. The first kappa shape index (κ1) is 15.1. The summed E-state index contributed by atoms with van der Waals surface area (Å²) in [5.74, 6) is -0.169. The number of carbonyl (C=O) groups is 1. The highest BCUT2D eigenvalue weighted by atomic mass is 19.1. The second kappa shape index (κ2) is 5.75. The van der Waals surface area contributed by atoms with E-state index >= 15 is 0 Å². The lowest BCUT2D eigenvalue weighted by Gasteiger charge is -2.01. The fourth-order valence-electron chi connectivity index (χ4n) is 2.40. The molecule has 0 aliphatic heterocycles. The van der Waals surface area contributed by atoms with E-state index in [1.54, 1.807) is 12.1 Å². The molecule has 23 heavy (non-hydrogen) atoms. The number of Topliss-reactive ketones (excluding diaryl/α,β-unsaturated/α-hetero) is 1. The molecule has 3 rings (SSSR count). The lowest BCUT2D eigenvalue weighted by Crippen LogP contribution is -2.14. The van der Waals surface area contributed by atoms with Crippen LogP contribution in [0.3, 0.4) is 0 Å². The maximum atomic E-state index is 13.2. The average molecular weight is 313 g/mol. The summed E-state index contributed by atoms with van der Waals surface area (Å²) in [5, 5.41) is 11.9. The molecule has 3 aromatic rings. The summed E-state index contributed by atoms with van der Waals surface area (Å²) in [4.78, 5) is 13.6. The van der Waals surface area contributed by atoms with E-state index in [-0.39, 0.29) is 18.1 Å². The van der Waals surface area contributed by atoms with Gasteiger partial charge in [0, 0.05) is 29.6 Å². The number of aryl methyl sites for hydroxylation is 1. The van der Waals surface area contributed by atoms with Crippen molar-refractivity contribution in [1.82, 2.24) is 24.8 Å². The maximum absolute atomic E-state index is 13.2. The van der Waals surface area contributed by atoms with E-state index in [1.807, 2.05) is 31.5 Å². The van der Waals surface area contributed by atoms with Gasteiger partial charge in [0.2, 0.25) is 5.82 Å². The second-order valence-corrected chi connectivity index (χ2v) is 5.42. The van der Waals surface area contributed by atoms with Crippen LogP contribution in [0.1, 0.15) is 21.7 Å². The lowest BCUT2D eigenvalue weighted by molar-refractivity contribution is 0.0960. The van der Waals surface area contributed by atoms with Crippen molar-refractivity contribution < 1.29 is 9.18 Å². The van der Waals surface area contributed by atoms with Crippen molar-refractivity contribution in [2.24, 2.45) is 7.05 Å². The van der Waals surface area contributed by atoms with Crippen LogP contribution in [0.5, 0.6) is 0 Å². The molecule has 0 saturated carbocycles. The maximum Gasteiger partial charge on any atom is 0.205 e. The number of ketones is 1. The average Bonchev–Trinajstić information content (AvgIpc) is 3.08. The molecule has 0 radical (unpaired) electrons. The third-order valence-electron chi connectivity index (χ3n) is 3.90. The van der Waals surface area contributed by atoms with E-state index in [0.29, 0.717) is 17.0 Å². The standard InChI is InChI=1S/C16H16FN5O/c1-10-7-14(11(2)21(10)3)15(23)9-22-19-16(18-20-22)12-5-4-6-13(17)8-12/h4-8H,9H2,1-3H3. The van der Waals surface area contributed by atoms with Crippen LogP contribution in [0.25, 0.3) is 11.4 Å². The quantitative estimate of drug-likeness (QED) is 0.693. The van der Waals surface area contributed by atoms with Gasteiger partial charge in [-0.15, -0.1) is 10.2 Å². The molecular formula is C16H16FN5O. The summed E-state index contributed by atoms with van der Waals surface area (Å²) in [6, 6.07) is 7.79. The molecule has 0 amide bonds. The van der Waals surface area contributed by atoms with Crippen molar-refractivity contribution >= 4 is 5.78 Å². The molecule has 0 fully saturated rings. The molecule has 6 nitrogen and oxygen atoms in total. The zero-order chi connectivity index (χ0) is 16.6. The fraction of sp³-hybridized carbons (Fsp3) is 0.250. The molecule has 2 aromatic heterocycles. The van der Waals surface area contributed by atoms with Gasteiger partial charge < -0.3 is 4.57 Å². The SMILES string of the molecule is Cc1cc(C(=O)Cn2nnc(-c3cccc(F)c3)n2)c(C)n1C. The predicted octanol–water partition coefficient (Wildman–Crippen LogP) is 2.32. The summed E-state index contributed by atoms with van der Waals surface area (Å²) >= 11 is 0. The van der Waals surface area contributed by atoms with Gasteiger partial charge in [-0.3, -0.25) is 4.79 Å². The smallest absolute Gasteiger partial charge is 0.205 e. The third kappa shape index (κ3) is 2.90. The van der Waals surface area contributed by atoms with Crippen molar-refractivity contribution in [3.63, 3.8) is 0 Å². The Morgan fingerprint density at radius 1 is 1.26 bits per heavy atom. The molecule has 118 valence electrons. The molecule has 0 aliphatic carbocycles. The fourth-order valence-corrected chi connectivity index (χ4v) is 2.40. The largest absolute Gasteiger partial charge is 0.351 e. The highest BCUT2D eigenvalue weighted by molar-refractivity contribution is 5.97. The van der Waals surface area contributed by atoms with Crippen molar-refractivity contribution in [1.29, 1.82) is 0 Å². The Morgan fingerprint density at radius 3 is 2.70 bits per heavy atom. The van der Waals surface area contributed by atoms with Crippen LogP contribution in [0, 0.1) is 19.7 Å². The summed E-state index contributed by atoms with van der Waals surface area (Å²) in [6.07, 6.45) is 0. The predicted molar refractivity (Wildman–Crippen MR) is 82.4 cm³/mol. The highest BCUT2D eigenvalue weighted by Gasteiger charge is 2.16. The number of nitrogens with zero attached hydrogens (tertiary/aromatic N) is 5. The number of rotatable bonds is 4. The van der Waals surface area contributed by atoms with E-state index in [0.717, 1.165) is 11.4 Å². The zero-order valence-corrected chi connectivity index (χ0v) is 13.1. The Kier molecular flexibility index (Phi) is 3.77. The number of carbonyl (C=O) groups excluding carboxylic acids is 1. The number of hydrogen-bond acceptors (Lipinski definition) is 4. The minimum Gasteiger partial charge on any atom is -0.351 e. The second-order valence-electron chi connectivity index (χ2n) is 5.42. The third-order valence-corrected chi connectivity index (χ3v) is 3.90. The summed E-state index contributed by atoms with van der Waals surface area (Å²) in [7, 11) is 1.91. The number of benzene rings is 1. The Balaban J connectivity index is 1.81. The molecule has 0 atom stereocenters. The lowest BCUT2D eigenvalue weighted by atomic mass is 10.1. The number of hydrogen-bond donors (Lipinski definition) is 0. The first-order chi connectivity index (χ1) is 11.0. The molecular weight excluding hydrogens is 297 g/mol. The highest BCUT2D eigenvalue weighted by Crippen LogP contribution is 2.16. The van der Waals surface area contributed by atoms with Crippen LogP contribution in [0.4, 0.5) is 4.39 Å². The first-order valence-electron chi connectivity index (χ1n) is 7.15. The number of halogens is 1. The van der Waals surface area contributed by atoms with Crippen molar-refractivity contribution in [3.8, 4) is 11.4 Å². The van der Waals surface area contributed by atoms with E-state index < -0.39 is 0 Å². The van der Waals surface area contributed by atoms with Gasteiger partial charge in [0.1, 0.15) is 12.4 Å². The molecule has 0 unspecified atom stereocenters.